The predicted octanol–water partition coefficient (Wildman–Crippen LogP) is -2.75. The molecule has 0 aliphatic rings. The maximum atomic E-state index is 7.00. The zero-order valence-corrected chi connectivity index (χ0v) is 3.76. The summed E-state index contributed by atoms with van der Waals surface area (Å²) in [6.07, 6.45) is 0. The highest BCUT2D eigenvalue weighted by Gasteiger charge is 0.839. The quantitative estimate of drug-likeness (QED) is 0.165. The van der Waals surface area contributed by atoms with E-state index in [9.17, 15) is 0 Å². The van der Waals surface area contributed by atoms with Gasteiger partial charge in [0.2, 0.25) is 0 Å². The van der Waals surface area contributed by atoms with Crippen LogP contribution in [0.1, 0.15) is 0 Å². The molecular formula is CH12N4O. The normalized spacial score (nSPS) is 3.00. The Balaban J connectivity index is -0.0000000225. The van der Waals surface area contributed by atoms with Crippen molar-refractivity contribution in [3.8, 4) is 0 Å². The average Bonchev–Trinajstić information content (AvgIpc) is 1.81. The van der Waals surface area contributed by atoms with Gasteiger partial charge in [-0.05, 0) is 0 Å². The summed E-state index contributed by atoms with van der Waals surface area (Å²) in [5, 5.41) is 7.00. The lowest BCUT2D eigenvalue weighted by Crippen LogP contribution is -2.02. The maximum Gasteiger partial charge on any atom is 0.0319 e. The van der Waals surface area contributed by atoms with E-state index in [1.165, 1.54) is 0 Å². The Labute approximate surface area is 36.8 Å². The lowest BCUT2D eigenvalue weighted by atomic mass is 11.8. The Hall–Kier alpha value is -0.200. The molecule has 0 aliphatic carbocycles. The zero-order valence-electron chi connectivity index (χ0n) is 3.76. The fourth-order valence-electron chi connectivity index (χ4n) is 0. The van der Waals surface area contributed by atoms with Crippen LogP contribution >= 0.6 is 0 Å². The molecule has 0 fully saturated rings. The molecule has 0 aromatic carbocycles. The monoisotopic (exact) mass is 96.1 g/mol. The van der Waals surface area contributed by atoms with Crippen LogP contribution < -0.4 is 23.4 Å². The summed E-state index contributed by atoms with van der Waals surface area (Å²) in [6, 6.07) is 0. The van der Waals surface area contributed by atoms with Crippen molar-refractivity contribution in [3.63, 3.8) is 0 Å². The van der Waals surface area contributed by atoms with Crippen LogP contribution in [-0.4, -0.2) is 12.2 Å². The number of hydrogen-bond acceptors (Lipinski definition) is 5. The topological polar surface area (TPSA) is 124 Å². The fraction of sp³-hybridized carbons (Fsp3) is 1.00. The minimum Gasteiger partial charge on any atom is -0.400 e. The molecule has 0 amide bonds. The highest BCUT2D eigenvalue weighted by molar-refractivity contribution is 3.26. The van der Waals surface area contributed by atoms with Crippen LogP contribution in [0.2, 0.25) is 0 Å². The van der Waals surface area contributed by atoms with Gasteiger partial charge >= 0.3 is 0 Å². The first-order valence-corrected chi connectivity index (χ1v) is 1.11. The first kappa shape index (κ1) is 17.0. The van der Waals surface area contributed by atoms with E-state index in [0.717, 1.165) is 7.11 Å². The molecule has 5 heteroatoms. The first-order chi connectivity index (χ1) is 3.00. The van der Waals surface area contributed by atoms with Crippen LogP contribution in [0, 0.1) is 0 Å². The van der Waals surface area contributed by atoms with Gasteiger partial charge < -0.3 is 5.11 Å². The van der Waals surface area contributed by atoms with Crippen molar-refractivity contribution in [2.75, 3.05) is 7.11 Å². The second kappa shape index (κ2) is 1730. The molecule has 0 aromatic heterocycles. The Morgan fingerprint density at radius 1 is 0.833 bits per heavy atom. The molecule has 9 N–H and O–H groups in total. The summed E-state index contributed by atoms with van der Waals surface area (Å²) in [7, 11) is 1.00. The third kappa shape index (κ3) is 745. The smallest absolute Gasteiger partial charge is 0.0319 e. The average molecular weight is 96.1 g/mol. The number of nitrogens with two attached hydrogens (primary N) is 4. The SMILES string of the molecule is CO.NN.NN. The standard InChI is InChI=1S/CH4O.2H4N2/c3*1-2/h2H,1H3;2*1-2H2. The van der Waals surface area contributed by atoms with E-state index in [4.69, 9.17) is 5.11 Å². The van der Waals surface area contributed by atoms with Gasteiger partial charge in [0, 0.05) is 7.11 Å². The molecule has 0 saturated heterocycles. The lowest BCUT2D eigenvalue weighted by Gasteiger charge is -1.27. The van der Waals surface area contributed by atoms with E-state index in [1.54, 1.807) is 0 Å². The maximum absolute atomic E-state index is 7.00. The number of aliphatic hydroxyl groups is 1. The van der Waals surface area contributed by atoms with Gasteiger partial charge in [-0.15, -0.1) is 0 Å². The van der Waals surface area contributed by atoms with Gasteiger partial charge in [-0.25, -0.2) is 0 Å². The van der Waals surface area contributed by atoms with Crippen LogP contribution in [0.5, 0.6) is 0 Å². The van der Waals surface area contributed by atoms with Crippen molar-refractivity contribution in [2.24, 2.45) is 23.4 Å². The Bertz CT molecular complexity index is 7.51. The van der Waals surface area contributed by atoms with Gasteiger partial charge in [0.05, 0.1) is 0 Å². The van der Waals surface area contributed by atoms with E-state index >= 15 is 0 Å². The van der Waals surface area contributed by atoms with Crippen LogP contribution in [0.3, 0.4) is 0 Å². The van der Waals surface area contributed by atoms with Crippen LogP contribution in [0.15, 0.2) is 0 Å². The van der Waals surface area contributed by atoms with Gasteiger partial charge in [-0.3, -0.25) is 23.4 Å². The molecule has 0 rings (SSSR count). The molecule has 42 valence electrons. The van der Waals surface area contributed by atoms with Crippen molar-refractivity contribution in [2.45, 2.75) is 0 Å². The summed E-state index contributed by atoms with van der Waals surface area (Å²) in [5.41, 5.74) is 0. The molecule has 0 aromatic rings. The molecule has 0 saturated carbocycles. The Morgan fingerprint density at radius 3 is 0.833 bits per heavy atom. The van der Waals surface area contributed by atoms with E-state index < -0.39 is 0 Å². The number of hydrazine groups is 2. The molecule has 0 heterocycles. The fourth-order valence-corrected chi connectivity index (χ4v) is 0. The highest BCUT2D eigenvalue weighted by atomic mass is 16.2. The minimum atomic E-state index is 1.00. The molecule has 0 aliphatic heterocycles. The number of aliphatic hydroxyl groups excluding tert-OH is 1. The minimum absolute atomic E-state index is 1.00. The molecule has 5 nitrogen and oxygen atoms in total. The lowest BCUT2D eigenvalue weighted by molar-refractivity contribution is 0.399. The summed E-state index contributed by atoms with van der Waals surface area (Å²) in [4.78, 5) is 0. The van der Waals surface area contributed by atoms with Gasteiger partial charge in [0.15, 0.2) is 0 Å². The van der Waals surface area contributed by atoms with E-state index in [0.29, 0.717) is 0 Å². The third-order valence-electron chi connectivity index (χ3n) is 0. The van der Waals surface area contributed by atoms with Gasteiger partial charge in [-0.2, -0.15) is 0 Å². The largest absolute Gasteiger partial charge is 0.400 e. The van der Waals surface area contributed by atoms with E-state index in [1.807, 2.05) is 0 Å². The van der Waals surface area contributed by atoms with Gasteiger partial charge in [0.25, 0.3) is 0 Å². The van der Waals surface area contributed by atoms with Crippen molar-refractivity contribution in [1.29, 1.82) is 0 Å². The van der Waals surface area contributed by atoms with Crippen molar-refractivity contribution in [3.05, 3.63) is 0 Å². The van der Waals surface area contributed by atoms with Crippen LogP contribution in [-0.2, 0) is 0 Å². The van der Waals surface area contributed by atoms with Gasteiger partial charge in [0.1, 0.15) is 0 Å². The predicted molar refractivity (Wildman–Crippen MR) is 24.9 cm³/mol. The molecule has 0 unspecified atom stereocenters. The molecule has 0 radical (unpaired) electrons. The third-order valence-corrected chi connectivity index (χ3v) is 0. The van der Waals surface area contributed by atoms with E-state index in [2.05, 4.69) is 23.4 Å². The molecular weight excluding hydrogens is 84.0 g/mol. The van der Waals surface area contributed by atoms with Crippen molar-refractivity contribution in [1.82, 2.24) is 0 Å². The second-order valence-electron chi connectivity index (χ2n) is 0. The molecule has 0 spiro atoms. The zero-order chi connectivity index (χ0) is 6.00. The molecule has 6 heavy (non-hydrogen) atoms. The number of hydrogen-bond donors (Lipinski definition) is 5. The Morgan fingerprint density at radius 2 is 0.833 bits per heavy atom. The molecule has 0 bridgehead atoms. The van der Waals surface area contributed by atoms with Crippen LogP contribution in [0.25, 0.3) is 0 Å². The summed E-state index contributed by atoms with van der Waals surface area (Å²) < 4.78 is 0. The van der Waals surface area contributed by atoms with Gasteiger partial charge in [-0.1, -0.05) is 0 Å². The summed E-state index contributed by atoms with van der Waals surface area (Å²) >= 11 is 0. The number of rotatable bonds is 0. The highest BCUT2D eigenvalue weighted by Crippen LogP contribution is 0.755. The summed E-state index contributed by atoms with van der Waals surface area (Å²) in [6.45, 7) is 0. The first-order valence-electron chi connectivity index (χ1n) is 1.11. The van der Waals surface area contributed by atoms with Crippen molar-refractivity contribution < 1.29 is 5.11 Å². The molecule has 0 atom stereocenters. The second-order valence-corrected chi connectivity index (χ2v) is 0. The van der Waals surface area contributed by atoms with E-state index in [-0.39, 0.29) is 0 Å². The van der Waals surface area contributed by atoms with Crippen molar-refractivity contribution >= 4 is 0 Å². The summed E-state index contributed by atoms with van der Waals surface area (Å²) in [5.74, 6) is 16.0. The Kier molecular flexibility index (Phi) is 4920. The van der Waals surface area contributed by atoms with Crippen LogP contribution in [0.4, 0.5) is 0 Å².